The number of hydrogen-bond acceptors (Lipinski definition) is 4. The van der Waals surface area contributed by atoms with Gasteiger partial charge in [-0.15, -0.1) is 0 Å². The highest BCUT2D eigenvalue weighted by Gasteiger charge is 2.11. The molecule has 1 unspecified atom stereocenters. The Bertz CT molecular complexity index is 501. The molecule has 0 aromatic heterocycles. The summed E-state index contributed by atoms with van der Waals surface area (Å²) in [5, 5.41) is 8.90. The molecule has 0 radical (unpaired) electrons. The molecule has 0 fully saturated rings. The molecule has 1 N–H and O–H groups in total. The largest absolute Gasteiger partial charge is 0.491 e. The fourth-order valence-corrected chi connectivity index (χ4v) is 1.95. The summed E-state index contributed by atoms with van der Waals surface area (Å²) in [6, 6.07) is 19.6. The van der Waals surface area contributed by atoms with E-state index in [1.165, 1.54) is 0 Å². The van der Waals surface area contributed by atoms with Gasteiger partial charge in [-0.25, -0.2) is 0 Å². The lowest BCUT2D eigenvalue weighted by molar-refractivity contribution is -0.0502. The monoisotopic (exact) mass is 302 g/mol. The van der Waals surface area contributed by atoms with Gasteiger partial charge < -0.3 is 19.3 Å². The van der Waals surface area contributed by atoms with Crippen LogP contribution < -0.4 is 4.74 Å². The summed E-state index contributed by atoms with van der Waals surface area (Å²) in [5.41, 5.74) is 1.12. The third-order valence-electron chi connectivity index (χ3n) is 3.04. The molecule has 0 aliphatic rings. The smallest absolute Gasteiger partial charge is 0.119 e. The van der Waals surface area contributed by atoms with E-state index in [4.69, 9.17) is 19.3 Å². The number of hydrogen-bond donors (Lipinski definition) is 1. The molecule has 0 saturated heterocycles. The van der Waals surface area contributed by atoms with Crippen LogP contribution in [0, 0.1) is 0 Å². The van der Waals surface area contributed by atoms with Gasteiger partial charge in [-0.3, -0.25) is 0 Å². The Morgan fingerprint density at radius 1 is 0.864 bits per heavy atom. The van der Waals surface area contributed by atoms with Gasteiger partial charge in [-0.2, -0.15) is 0 Å². The van der Waals surface area contributed by atoms with Gasteiger partial charge in [0.2, 0.25) is 0 Å². The van der Waals surface area contributed by atoms with Gasteiger partial charge in [0.1, 0.15) is 18.5 Å². The topological polar surface area (TPSA) is 47.9 Å². The van der Waals surface area contributed by atoms with Crippen LogP contribution in [-0.2, 0) is 16.1 Å². The summed E-state index contributed by atoms with van der Waals surface area (Å²) in [6.07, 6.45) is -0.212. The molecule has 4 nitrogen and oxygen atoms in total. The fourth-order valence-electron chi connectivity index (χ4n) is 1.95. The molecule has 0 bridgehead atoms. The second-order valence-electron chi connectivity index (χ2n) is 4.84. The number of aliphatic hydroxyl groups is 1. The summed E-state index contributed by atoms with van der Waals surface area (Å²) >= 11 is 0. The van der Waals surface area contributed by atoms with Gasteiger partial charge in [0.15, 0.2) is 0 Å². The van der Waals surface area contributed by atoms with Gasteiger partial charge in [0.05, 0.1) is 26.4 Å². The van der Waals surface area contributed by atoms with Crippen LogP contribution in [0.15, 0.2) is 60.7 Å². The van der Waals surface area contributed by atoms with Gasteiger partial charge in [0.25, 0.3) is 0 Å². The second-order valence-corrected chi connectivity index (χ2v) is 4.84. The molecule has 4 heteroatoms. The van der Waals surface area contributed by atoms with Crippen LogP contribution in [0.4, 0.5) is 0 Å². The molecule has 0 amide bonds. The maximum atomic E-state index is 8.90. The van der Waals surface area contributed by atoms with Gasteiger partial charge in [0, 0.05) is 0 Å². The third kappa shape index (κ3) is 6.26. The fraction of sp³-hybridized carbons (Fsp3) is 0.333. The molecular weight excluding hydrogens is 280 g/mol. The maximum Gasteiger partial charge on any atom is 0.119 e. The van der Waals surface area contributed by atoms with Crippen molar-refractivity contribution in [2.45, 2.75) is 12.7 Å². The summed E-state index contributed by atoms with van der Waals surface area (Å²) in [7, 11) is 0. The van der Waals surface area contributed by atoms with Crippen LogP contribution in [0.1, 0.15) is 5.56 Å². The van der Waals surface area contributed by atoms with E-state index in [0.29, 0.717) is 19.8 Å². The van der Waals surface area contributed by atoms with E-state index in [-0.39, 0.29) is 19.3 Å². The SMILES string of the molecule is OCCOC(COCc1ccccc1)COc1ccccc1. The zero-order valence-electron chi connectivity index (χ0n) is 12.6. The minimum atomic E-state index is -0.212. The molecule has 0 aliphatic carbocycles. The predicted molar refractivity (Wildman–Crippen MR) is 84.9 cm³/mol. The van der Waals surface area contributed by atoms with Crippen LogP contribution in [0.5, 0.6) is 5.75 Å². The van der Waals surface area contributed by atoms with Crippen molar-refractivity contribution < 1.29 is 19.3 Å². The van der Waals surface area contributed by atoms with Crippen molar-refractivity contribution >= 4 is 0 Å². The number of benzene rings is 2. The maximum absolute atomic E-state index is 8.90. The van der Waals surface area contributed by atoms with Crippen LogP contribution in [0.25, 0.3) is 0 Å². The normalized spacial score (nSPS) is 12.0. The minimum Gasteiger partial charge on any atom is -0.491 e. The first-order chi connectivity index (χ1) is 10.9. The number of rotatable bonds is 10. The molecule has 0 heterocycles. The molecule has 2 aromatic rings. The van der Waals surface area contributed by atoms with Crippen molar-refractivity contribution in [1.29, 1.82) is 0 Å². The van der Waals surface area contributed by atoms with Gasteiger partial charge >= 0.3 is 0 Å². The number of aliphatic hydroxyl groups excluding tert-OH is 1. The first-order valence-electron chi connectivity index (χ1n) is 7.40. The van der Waals surface area contributed by atoms with E-state index in [1.807, 2.05) is 60.7 Å². The van der Waals surface area contributed by atoms with Gasteiger partial charge in [-0.05, 0) is 17.7 Å². The lowest BCUT2D eigenvalue weighted by atomic mass is 10.2. The Hall–Kier alpha value is -1.88. The van der Waals surface area contributed by atoms with Gasteiger partial charge in [-0.1, -0.05) is 48.5 Å². The van der Waals surface area contributed by atoms with E-state index in [9.17, 15) is 0 Å². The molecule has 0 aliphatic heterocycles. The standard InChI is InChI=1S/C18H22O4/c19-11-12-21-18(15-22-17-9-5-2-6-10-17)14-20-13-16-7-3-1-4-8-16/h1-10,18-19H,11-15H2. The van der Waals surface area contributed by atoms with E-state index < -0.39 is 0 Å². The first kappa shape index (κ1) is 16.5. The Morgan fingerprint density at radius 3 is 2.23 bits per heavy atom. The molecule has 0 spiro atoms. The zero-order chi connectivity index (χ0) is 15.5. The zero-order valence-corrected chi connectivity index (χ0v) is 12.6. The van der Waals surface area contributed by atoms with Crippen molar-refractivity contribution in [1.82, 2.24) is 0 Å². The van der Waals surface area contributed by atoms with Crippen LogP contribution >= 0.6 is 0 Å². The van der Waals surface area contributed by atoms with E-state index in [2.05, 4.69) is 0 Å². The molecule has 1 atom stereocenters. The van der Waals surface area contributed by atoms with Crippen molar-refractivity contribution in [3.05, 3.63) is 66.2 Å². The van der Waals surface area contributed by atoms with Crippen molar-refractivity contribution in [3.63, 3.8) is 0 Å². The Kier molecular flexibility index (Phi) is 7.46. The molecule has 118 valence electrons. The highest BCUT2D eigenvalue weighted by molar-refractivity contribution is 5.20. The number of ether oxygens (including phenoxy) is 3. The average molecular weight is 302 g/mol. The summed E-state index contributed by atoms with van der Waals surface area (Å²) in [4.78, 5) is 0. The minimum absolute atomic E-state index is 0.0134. The Balaban J connectivity index is 1.75. The van der Waals surface area contributed by atoms with Crippen molar-refractivity contribution in [2.75, 3.05) is 26.4 Å². The van der Waals surface area contributed by atoms with Crippen molar-refractivity contribution in [2.24, 2.45) is 0 Å². The van der Waals surface area contributed by atoms with Crippen LogP contribution in [0.2, 0.25) is 0 Å². The first-order valence-corrected chi connectivity index (χ1v) is 7.40. The number of para-hydroxylation sites is 1. The molecular formula is C18H22O4. The average Bonchev–Trinajstić information content (AvgIpc) is 2.58. The third-order valence-corrected chi connectivity index (χ3v) is 3.04. The highest BCUT2D eigenvalue weighted by atomic mass is 16.6. The molecule has 2 aromatic carbocycles. The summed E-state index contributed by atoms with van der Waals surface area (Å²) < 4.78 is 16.9. The predicted octanol–water partition coefficient (Wildman–Crippen LogP) is 2.66. The van der Waals surface area contributed by atoms with Crippen LogP contribution in [0.3, 0.4) is 0 Å². The molecule has 22 heavy (non-hydrogen) atoms. The van der Waals surface area contributed by atoms with E-state index >= 15 is 0 Å². The lowest BCUT2D eigenvalue weighted by Crippen LogP contribution is -2.28. The Morgan fingerprint density at radius 2 is 1.55 bits per heavy atom. The lowest BCUT2D eigenvalue weighted by Gasteiger charge is -2.18. The summed E-state index contributed by atoms with van der Waals surface area (Å²) in [6.45, 7) is 1.60. The molecule has 2 rings (SSSR count). The van der Waals surface area contributed by atoms with Crippen molar-refractivity contribution in [3.8, 4) is 5.75 Å². The van der Waals surface area contributed by atoms with E-state index in [0.717, 1.165) is 11.3 Å². The molecule has 0 saturated carbocycles. The summed E-state index contributed by atoms with van der Waals surface area (Å²) in [5.74, 6) is 0.795. The van der Waals surface area contributed by atoms with Crippen LogP contribution in [-0.4, -0.2) is 37.6 Å². The Labute approximate surface area is 131 Å². The quantitative estimate of drug-likeness (QED) is 0.733. The second kappa shape index (κ2) is 9.95. The highest BCUT2D eigenvalue weighted by Crippen LogP contribution is 2.10. The van der Waals surface area contributed by atoms with E-state index in [1.54, 1.807) is 0 Å².